The number of carboxylic acids is 1. The van der Waals surface area contributed by atoms with E-state index in [1.807, 2.05) is 0 Å². The summed E-state index contributed by atoms with van der Waals surface area (Å²) in [6, 6.07) is 0. The topological polar surface area (TPSA) is 54.4 Å². The van der Waals surface area contributed by atoms with Crippen LogP contribution in [0.25, 0.3) is 0 Å². The molecule has 0 aromatic carbocycles. The first-order valence-corrected chi connectivity index (χ1v) is 12.6. The van der Waals surface area contributed by atoms with Crippen molar-refractivity contribution in [2.24, 2.45) is 0 Å². The summed E-state index contributed by atoms with van der Waals surface area (Å²) in [4.78, 5) is 22.4. The van der Waals surface area contributed by atoms with Crippen LogP contribution in [0, 0.1) is 0 Å². The van der Waals surface area contributed by atoms with Gasteiger partial charge in [-0.05, 0) is 0 Å². The number of unbranched alkanes of at least 4 members (excludes halogenated alkanes) is 3. The summed E-state index contributed by atoms with van der Waals surface area (Å²) >= 11 is 0. The van der Waals surface area contributed by atoms with Gasteiger partial charge in [-0.2, -0.15) is 0 Å². The molecule has 0 amide bonds. The van der Waals surface area contributed by atoms with Crippen LogP contribution >= 0.6 is 7.26 Å². The van der Waals surface area contributed by atoms with E-state index in [1.165, 1.54) is 63.2 Å². The van der Waals surface area contributed by atoms with Gasteiger partial charge in [-0.15, -0.1) is 0 Å². The standard InChI is InChI=1S/C19H39O3P/c1-4-7-14-23(15-8-5-2,16-9-6-3)17-10-11-18(20)12-13-19(21)22/h23H,4-17H2,1-3H3,(H,21,22). The minimum atomic E-state index is -1.24. The van der Waals surface area contributed by atoms with E-state index in [2.05, 4.69) is 20.8 Å². The van der Waals surface area contributed by atoms with Gasteiger partial charge in [-0.25, -0.2) is 0 Å². The van der Waals surface area contributed by atoms with E-state index in [0.29, 0.717) is 6.42 Å². The third-order valence-corrected chi connectivity index (χ3v) is 10.6. The molecule has 0 saturated heterocycles. The van der Waals surface area contributed by atoms with Gasteiger partial charge >= 0.3 is 143 Å². The number of hydrogen-bond acceptors (Lipinski definition) is 2. The molecule has 23 heavy (non-hydrogen) atoms. The van der Waals surface area contributed by atoms with Crippen LogP contribution in [0.5, 0.6) is 0 Å². The molecular formula is C19H39O3P. The fraction of sp³-hybridized carbons (Fsp3) is 0.895. The van der Waals surface area contributed by atoms with Crippen molar-refractivity contribution >= 4 is 19.0 Å². The molecule has 0 aromatic rings. The number of rotatable bonds is 16. The van der Waals surface area contributed by atoms with Crippen molar-refractivity contribution in [3.05, 3.63) is 0 Å². The van der Waals surface area contributed by atoms with Crippen molar-refractivity contribution in [2.75, 3.05) is 24.6 Å². The Morgan fingerprint density at radius 1 is 0.696 bits per heavy atom. The molecular weight excluding hydrogens is 307 g/mol. The average Bonchev–Trinajstić information content (AvgIpc) is 2.54. The molecule has 3 nitrogen and oxygen atoms in total. The number of carboxylic acid groups (broad SMARTS) is 1. The SMILES string of the molecule is CCCC[PH](CCCC)(CCCC)CCCC(=O)CCC(=O)O. The Balaban J connectivity index is 4.50. The second kappa shape index (κ2) is 14.0. The van der Waals surface area contributed by atoms with Crippen LogP contribution < -0.4 is 0 Å². The predicted octanol–water partition coefficient (Wildman–Crippen LogP) is 5.35. The summed E-state index contributed by atoms with van der Waals surface area (Å²) in [5.41, 5.74) is 0. The van der Waals surface area contributed by atoms with E-state index >= 15 is 0 Å². The van der Waals surface area contributed by atoms with Crippen molar-refractivity contribution in [3.63, 3.8) is 0 Å². The zero-order valence-electron chi connectivity index (χ0n) is 15.7. The molecule has 0 spiro atoms. The van der Waals surface area contributed by atoms with Crippen molar-refractivity contribution in [1.29, 1.82) is 0 Å². The molecule has 0 aliphatic heterocycles. The maximum atomic E-state index is 11.8. The number of carbonyl (C=O) groups excluding carboxylic acids is 1. The van der Waals surface area contributed by atoms with Gasteiger partial charge in [0.05, 0.1) is 0 Å². The second-order valence-corrected chi connectivity index (χ2v) is 12.1. The Morgan fingerprint density at radius 3 is 1.52 bits per heavy atom. The van der Waals surface area contributed by atoms with E-state index in [1.54, 1.807) is 0 Å². The van der Waals surface area contributed by atoms with Gasteiger partial charge < -0.3 is 0 Å². The summed E-state index contributed by atoms with van der Waals surface area (Å²) in [6.07, 6.45) is 15.1. The van der Waals surface area contributed by atoms with E-state index in [9.17, 15) is 9.59 Å². The van der Waals surface area contributed by atoms with E-state index in [4.69, 9.17) is 5.11 Å². The maximum absolute atomic E-state index is 11.8. The monoisotopic (exact) mass is 346 g/mol. The third-order valence-electron chi connectivity index (χ3n) is 4.96. The molecule has 0 atom stereocenters. The first-order valence-electron chi connectivity index (χ1n) is 9.73. The number of ketones is 1. The third kappa shape index (κ3) is 11.7. The normalized spacial score (nSPS) is 12.3. The summed E-state index contributed by atoms with van der Waals surface area (Å²) < 4.78 is 0. The van der Waals surface area contributed by atoms with Gasteiger partial charge in [0.2, 0.25) is 0 Å². The number of carbonyl (C=O) groups is 2. The van der Waals surface area contributed by atoms with Gasteiger partial charge in [-0.3, -0.25) is 0 Å². The molecule has 0 heterocycles. The number of hydrogen-bond donors (Lipinski definition) is 1. The summed E-state index contributed by atoms with van der Waals surface area (Å²) in [5.74, 6) is -0.729. The van der Waals surface area contributed by atoms with Crippen molar-refractivity contribution < 1.29 is 14.7 Å². The van der Waals surface area contributed by atoms with Gasteiger partial charge in [0.1, 0.15) is 0 Å². The summed E-state index contributed by atoms with van der Waals surface area (Å²) in [6.45, 7) is 6.82. The molecule has 0 aromatic heterocycles. The molecule has 4 heteroatoms. The minimum absolute atomic E-state index is 0.0110. The molecule has 0 saturated carbocycles. The Bertz CT molecular complexity index is 307. The second-order valence-electron chi connectivity index (χ2n) is 7.10. The van der Waals surface area contributed by atoms with Gasteiger partial charge in [0, 0.05) is 0 Å². The molecule has 0 aliphatic carbocycles. The van der Waals surface area contributed by atoms with Crippen LogP contribution in [0.4, 0.5) is 0 Å². The molecule has 0 radical (unpaired) electrons. The number of aliphatic carboxylic acids is 1. The van der Waals surface area contributed by atoms with Crippen molar-refractivity contribution in [2.45, 2.75) is 85.0 Å². The first kappa shape index (κ1) is 22.6. The van der Waals surface area contributed by atoms with Crippen LogP contribution in [-0.2, 0) is 9.59 Å². The zero-order valence-corrected chi connectivity index (χ0v) is 16.7. The van der Waals surface area contributed by atoms with Gasteiger partial charge in [0.25, 0.3) is 0 Å². The van der Waals surface area contributed by atoms with Crippen LogP contribution in [0.15, 0.2) is 0 Å². The van der Waals surface area contributed by atoms with E-state index in [0.717, 1.165) is 6.42 Å². The molecule has 0 rings (SSSR count). The molecule has 0 aliphatic rings. The van der Waals surface area contributed by atoms with Crippen LogP contribution in [0.1, 0.15) is 85.0 Å². The molecule has 0 unspecified atom stereocenters. The van der Waals surface area contributed by atoms with E-state index < -0.39 is 13.2 Å². The predicted molar refractivity (Wildman–Crippen MR) is 104 cm³/mol. The molecule has 1 N–H and O–H groups in total. The van der Waals surface area contributed by atoms with Gasteiger partial charge in [-0.1, -0.05) is 0 Å². The van der Waals surface area contributed by atoms with Crippen molar-refractivity contribution in [1.82, 2.24) is 0 Å². The van der Waals surface area contributed by atoms with E-state index in [-0.39, 0.29) is 18.6 Å². The fourth-order valence-electron chi connectivity index (χ4n) is 3.44. The zero-order chi connectivity index (χ0) is 17.6. The van der Waals surface area contributed by atoms with Crippen LogP contribution in [-0.4, -0.2) is 41.5 Å². The summed E-state index contributed by atoms with van der Waals surface area (Å²) in [5, 5.41) is 8.66. The molecule has 0 bridgehead atoms. The number of Topliss-reactive ketones (excluding diaryl/α,β-unsaturated/α-hetero) is 1. The summed E-state index contributed by atoms with van der Waals surface area (Å²) in [7, 11) is -1.24. The Labute approximate surface area is 144 Å². The average molecular weight is 346 g/mol. The quantitative estimate of drug-likeness (QED) is 0.383. The Morgan fingerprint density at radius 2 is 1.13 bits per heavy atom. The van der Waals surface area contributed by atoms with Crippen molar-refractivity contribution in [3.8, 4) is 0 Å². The first-order chi connectivity index (χ1) is 11.0. The van der Waals surface area contributed by atoms with Crippen LogP contribution in [0.3, 0.4) is 0 Å². The Kier molecular flexibility index (Phi) is 13.7. The molecule has 0 fully saturated rings. The molecule has 138 valence electrons. The Hall–Kier alpha value is -0.430. The van der Waals surface area contributed by atoms with Gasteiger partial charge in [0.15, 0.2) is 0 Å². The fourth-order valence-corrected chi connectivity index (χ4v) is 9.17. The van der Waals surface area contributed by atoms with Crippen LogP contribution in [0.2, 0.25) is 0 Å².